The summed E-state index contributed by atoms with van der Waals surface area (Å²) in [5.74, 6) is -0.340. The fraction of sp³-hybridized carbons (Fsp3) is 0.242. The van der Waals surface area contributed by atoms with E-state index < -0.39 is 17.7 Å². The second-order valence-corrected chi connectivity index (χ2v) is 10.1. The maximum absolute atomic E-state index is 13.5. The van der Waals surface area contributed by atoms with Crippen molar-refractivity contribution in [2.45, 2.75) is 32.0 Å². The molecule has 0 bridgehead atoms. The Balaban J connectivity index is 0.00000484. The number of nitrogens with zero attached hydrogens (tertiary/aromatic N) is 1. The van der Waals surface area contributed by atoms with Crippen LogP contribution in [0, 0.1) is 0 Å². The van der Waals surface area contributed by atoms with E-state index in [1.165, 1.54) is 6.07 Å². The van der Waals surface area contributed by atoms with Crippen molar-refractivity contribution in [2.75, 3.05) is 19.7 Å². The highest BCUT2D eigenvalue weighted by Crippen LogP contribution is 2.36. The van der Waals surface area contributed by atoms with Crippen LogP contribution in [0.15, 0.2) is 97.1 Å². The van der Waals surface area contributed by atoms with Gasteiger partial charge in [-0.25, -0.2) is 0 Å². The number of carbonyl (C=O) groups is 1. The molecule has 4 nitrogen and oxygen atoms in total. The van der Waals surface area contributed by atoms with E-state index in [0.29, 0.717) is 49.4 Å². The first-order valence-electron chi connectivity index (χ1n) is 13.3. The predicted octanol–water partition coefficient (Wildman–Crippen LogP) is 8.59. The molecule has 0 aromatic heterocycles. The zero-order valence-electron chi connectivity index (χ0n) is 22.8. The van der Waals surface area contributed by atoms with Crippen LogP contribution in [0.1, 0.15) is 28.7 Å². The SMILES string of the molecule is Cl.O=C(O)Cc1cccc(OCCCN(CCc2ccccc2-c2ccccc2)Cc2cccc(C(F)(F)F)c2Cl)c1. The van der Waals surface area contributed by atoms with Crippen molar-refractivity contribution in [3.8, 4) is 16.9 Å². The molecule has 0 heterocycles. The van der Waals surface area contributed by atoms with Crippen molar-refractivity contribution in [3.63, 3.8) is 0 Å². The van der Waals surface area contributed by atoms with Gasteiger partial charge in [0.15, 0.2) is 0 Å². The first-order valence-corrected chi connectivity index (χ1v) is 13.7. The van der Waals surface area contributed by atoms with Crippen LogP contribution in [-0.4, -0.2) is 35.7 Å². The lowest BCUT2D eigenvalue weighted by atomic mass is 9.97. The average molecular weight is 619 g/mol. The second kappa shape index (κ2) is 15.6. The lowest BCUT2D eigenvalue weighted by Crippen LogP contribution is -2.28. The Bertz CT molecular complexity index is 1450. The van der Waals surface area contributed by atoms with E-state index in [-0.39, 0.29) is 30.4 Å². The summed E-state index contributed by atoms with van der Waals surface area (Å²) >= 11 is 6.24. The van der Waals surface area contributed by atoms with E-state index >= 15 is 0 Å². The number of alkyl halides is 3. The van der Waals surface area contributed by atoms with Crippen LogP contribution in [0.5, 0.6) is 5.75 Å². The highest BCUT2D eigenvalue weighted by Gasteiger charge is 2.34. The molecule has 0 amide bonds. The van der Waals surface area contributed by atoms with Gasteiger partial charge in [-0.2, -0.15) is 13.2 Å². The average Bonchev–Trinajstić information content (AvgIpc) is 2.94. The Morgan fingerprint density at radius 3 is 2.29 bits per heavy atom. The summed E-state index contributed by atoms with van der Waals surface area (Å²) in [6.07, 6.45) is -3.32. The topological polar surface area (TPSA) is 49.8 Å². The molecule has 9 heteroatoms. The third kappa shape index (κ3) is 9.51. The number of rotatable bonds is 13. The molecule has 42 heavy (non-hydrogen) atoms. The summed E-state index contributed by atoms with van der Waals surface area (Å²) in [4.78, 5) is 13.1. The monoisotopic (exact) mass is 617 g/mol. The van der Waals surface area contributed by atoms with Crippen molar-refractivity contribution in [3.05, 3.63) is 124 Å². The van der Waals surface area contributed by atoms with Crippen molar-refractivity contribution < 1.29 is 27.8 Å². The summed E-state index contributed by atoms with van der Waals surface area (Å²) in [6, 6.07) is 29.2. The van der Waals surface area contributed by atoms with Crippen LogP contribution in [-0.2, 0) is 30.4 Å². The van der Waals surface area contributed by atoms with Gasteiger partial charge in [-0.05, 0) is 58.9 Å². The fourth-order valence-corrected chi connectivity index (χ4v) is 5.04. The predicted molar refractivity (Wildman–Crippen MR) is 162 cm³/mol. The standard InChI is InChI=1S/C33H31ClF3NO3.ClH/c34-32-27(13-7-16-30(32)33(35,36)37)23-38(18-8-20-41-28-14-6-9-24(21-28)22-31(39)40)19-17-26-12-4-5-15-29(26)25-10-2-1-3-11-25;/h1-7,9-16,21H,8,17-20,22-23H2,(H,39,40);1H. The molecular formula is C33H32Cl2F3NO3. The van der Waals surface area contributed by atoms with E-state index in [9.17, 15) is 18.0 Å². The Labute approximate surface area is 255 Å². The summed E-state index contributed by atoms with van der Waals surface area (Å²) in [6.45, 7) is 1.79. The molecule has 4 rings (SSSR count). The van der Waals surface area contributed by atoms with E-state index in [1.807, 2.05) is 30.3 Å². The summed E-state index contributed by atoms with van der Waals surface area (Å²) in [5, 5.41) is 8.76. The number of benzene rings is 4. The van der Waals surface area contributed by atoms with Gasteiger partial charge in [-0.1, -0.05) is 90.5 Å². The maximum Gasteiger partial charge on any atom is 0.417 e. The first-order chi connectivity index (χ1) is 19.7. The van der Waals surface area contributed by atoms with Gasteiger partial charge in [0, 0.05) is 19.6 Å². The minimum Gasteiger partial charge on any atom is -0.494 e. The van der Waals surface area contributed by atoms with Gasteiger partial charge in [0.25, 0.3) is 0 Å². The zero-order valence-corrected chi connectivity index (χ0v) is 24.4. The number of halogens is 5. The van der Waals surface area contributed by atoms with Gasteiger partial charge in [-0.3, -0.25) is 9.69 Å². The molecule has 0 unspecified atom stereocenters. The highest BCUT2D eigenvalue weighted by molar-refractivity contribution is 6.32. The van der Waals surface area contributed by atoms with Crippen LogP contribution < -0.4 is 4.74 Å². The number of aliphatic carboxylic acids is 1. The molecule has 0 fully saturated rings. The van der Waals surface area contributed by atoms with Crippen molar-refractivity contribution >= 4 is 30.0 Å². The molecule has 0 saturated carbocycles. The number of hydrogen-bond acceptors (Lipinski definition) is 3. The Kier molecular flexibility index (Phi) is 12.3. The van der Waals surface area contributed by atoms with Crippen LogP contribution in [0.25, 0.3) is 11.1 Å². The molecule has 0 atom stereocenters. The number of ether oxygens (including phenoxy) is 1. The molecule has 0 radical (unpaired) electrons. The quantitative estimate of drug-likeness (QED) is 0.153. The van der Waals surface area contributed by atoms with Gasteiger partial charge in [-0.15, -0.1) is 12.4 Å². The fourth-order valence-electron chi connectivity index (χ4n) is 4.75. The molecule has 0 aliphatic rings. The molecule has 1 N–H and O–H groups in total. The van der Waals surface area contributed by atoms with Crippen LogP contribution in [0.3, 0.4) is 0 Å². The Morgan fingerprint density at radius 1 is 0.857 bits per heavy atom. The van der Waals surface area contributed by atoms with Crippen molar-refractivity contribution in [1.29, 1.82) is 0 Å². The Hall–Kier alpha value is -3.52. The van der Waals surface area contributed by atoms with Gasteiger partial charge in [0.05, 0.1) is 23.6 Å². The third-order valence-corrected chi connectivity index (χ3v) is 7.17. The van der Waals surface area contributed by atoms with E-state index in [2.05, 4.69) is 29.2 Å². The summed E-state index contributed by atoms with van der Waals surface area (Å²) in [7, 11) is 0. The minimum absolute atomic E-state index is 0. The number of hydrogen-bond donors (Lipinski definition) is 1. The third-order valence-electron chi connectivity index (χ3n) is 6.72. The Morgan fingerprint density at radius 2 is 1.55 bits per heavy atom. The van der Waals surface area contributed by atoms with E-state index in [0.717, 1.165) is 22.8 Å². The smallest absolute Gasteiger partial charge is 0.417 e. The second-order valence-electron chi connectivity index (χ2n) is 9.75. The van der Waals surface area contributed by atoms with Crippen LogP contribution in [0.4, 0.5) is 13.2 Å². The molecule has 222 valence electrons. The van der Waals surface area contributed by atoms with Crippen molar-refractivity contribution in [2.24, 2.45) is 0 Å². The van der Waals surface area contributed by atoms with Crippen molar-refractivity contribution in [1.82, 2.24) is 4.90 Å². The molecule has 0 spiro atoms. The molecular weight excluding hydrogens is 586 g/mol. The lowest BCUT2D eigenvalue weighted by molar-refractivity contribution is -0.138. The molecule has 4 aromatic rings. The maximum atomic E-state index is 13.5. The number of carboxylic acids is 1. The first kappa shape index (κ1) is 33.0. The molecule has 0 aliphatic carbocycles. The van der Waals surface area contributed by atoms with Gasteiger partial charge in [0.1, 0.15) is 5.75 Å². The van der Waals surface area contributed by atoms with E-state index in [1.54, 1.807) is 30.3 Å². The molecule has 4 aromatic carbocycles. The van der Waals surface area contributed by atoms with Crippen LogP contribution in [0.2, 0.25) is 5.02 Å². The lowest BCUT2D eigenvalue weighted by Gasteiger charge is -2.24. The summed E-state index contributed by atoms with van der Waals surface area (Å²) < 4.78 is 46.4. The van der Waals surface area contributed by atoms with Crippen LogP contribution >= 0.6 is 24.0 Å². The van der Waals surface area contributed by atoms with Gasteiger partial charge >= 0.3 is 12.1 Å². The highest BCUT2D eigenvalue weighted by atomic mass is 35.5. The largest absolute Gasteiger partial charge is 0.494 e. The minimum atomic E-state index is -4.53. The molecule has 0 saturated heterocycles. The van der Waals surface area contributed by atoms with E-state index in [4.69, 9.17) is 21.4 Å². The van der Waals surface area contributed by atoms with Gasteiger partial charge < -0.3 is 9.84 Å². The van der Waals surface area contributed by atoms with Gasteiger partial charge in [0.2, 0.25) is 0 Å². The zero-order chi connectivity index (χ0) is 29.2. The summed E-state index contributed by atoms with van der Waals surface area (Å²) in [5.41, 5.74) is 3.60. The molecule has 0 aliphatic heterocycles. The normalized spacial score (nSPS) is 11.3. The number of carboxylic acid groups (broad SMARTS) is 1.